The SMILES string of the molecule is Cn1c(-c2ccc(Br)cc2N)nc2ccccc21. The van der Waals surface area contributed by atoms with Gasteiger partial charge in [0.25, 0.3) is 0 Å². The van der Waals surface area contributed by atoms with E-state index in [1.807, 2.05) is 43.4 Å². The lowest BCUT2D eigenvalue weighted by molar-refractivity contribution is 0.960. The predicted octanol–water partition coefficient (Wildman–Crippen LogP) is 3.59. The Morgan fingerprint density at radius 3 is 2.67 bits per heavy atom. The van der Waals surface area contributed by atoms with Gasteiger partial charge in [0, 0.05) is 22.8 Å². The van der Waals surface area contributed by atoms with E-state index in [9.17, 15) is 0 Å². The third-order valence-corrected chi connectivity index (χ3v) is 3.53. The van der Waals surface area contributed by atoms with Gasteiger partial charge in [0.2, 0.25) is 0 Å². The van der Waals surface area contributed by atoms with Crippen LogP contribution in [0.2, 0.25) is 0 Å². The van der Waals surface area contributed by atoms with Crippen LogP contribution < -0.4 is 5.73 Å². The highest BCUT2D eigenvalue weighted by Crippen LogP contribution is 2.29. The van der Waals surface area contributed by atoms with Gasteiger partial charge in [-0.3, -0.25) is 0 Å². The normalized spacial score (nSPS) is 11.0. The standard InChI is InChI=1S/C14H12BrN3/c1-18-13-5-3-2-4-12(13)17-14(18)10-7-6-9(15)8-11(10)16/h2-8H,16H2,1H3. The van der Waals surface area contributed by atoms with E-state index < -0.39 is 0 Å². The van der Waals surface area contributed by atoms with Crippen LogP contribution >= 0.6 is 15.9 Å². The highest BCUT2D eigenvalue weighted by molar-refractivity contribution is 9.10. The quantitative estimate of drug-likeness (QED) is 0.698. The summed E-state index contributed by atoms with van der Waals surface area (Å²) in [6, 6.07) is 13.9. The van der Waals surface area contributed by atoms with Crippen molar-refractivity contribution >= 4 is 32.7 Å². The lowest BCUT2D eigenvalue weighted by Gasteiger charge is -2.06. The average Bonchev–Trinajstić information content (AvgIpc) is 2.68. The first-order valence-corrected chi connectivity index (χ1v) is 6.43. The molecule has 18 heavy (non-hydrogen) atoms. The molecule has 0 radical (unpaired) electrons. The van der Waals surface area contributed by atoms with Crippen LogP contribution in [0.3, 0.4) is 0 Å². The van der Waals surface area contributed by atoms with Crippen molar-refractivity contribution in [2.24, 2.45) is 7.05 Å². The largest absolute Gasteiger partial charge is 0.398 e. The second-order valence-corrected chi connectivity index (χ2v) is 5.13. The van der Waals surface area contributed by atoms with Gasteiger partial charge in [-0.2, -0.15) is 0 Å². The predicted molar refractivity (Wildman–Crippen MR) is 78.3 cm³/mol. The topological polar surface area (TPSA) is 43.8 Å². The van der Waals surface area contributed by atoms with Gasteiger partial charge < -0.3 is 10.3 Å². The van der Waals surface area contributed by atoms with Crippen LogP contribution in [0.1, 0.15) is 0 Å². The number of nitrogens with two attached hydrogens (primary N) is 1. The van der Waals surface area contributed by atoms with Crippen molar-refractivity contribution in [2.45, 2.75) is 0 Å². The first-order chi connectivity index (χ1) is 8.66. The zero-order chi connectivity index (χ0) is 12.7. The van der Waals surface area contributed by atoms with Gasteiger partial charge in [-0.05, 0) is 30.3 Å². The third-order valence-electron chi connectivity index (χ3n) is 3.04. The zero-order valence-corrected chi connectivity index (χ0v) is 11.5. The molecule has 1 heterocycles. The van der Waals surface area contributed by atoms with Crippen LogP contribution in [0.15, 0.2) is 46.9 Å². The number of fused-ring (bicyclic) bond motifs is 1. The number of hydrogen-bond acceptors (Lipinski definition) is 2. The first-order valence-electron chi connectivity index (χ1n) is 5.63. The molecule has 0 saturated carbocycles. The molecule has 0 aliphatic heterocycles. The van der Waals surface area contributed by atoms with Crippen molar-refractivity contribution in [2.75, 3.05) is 5.73 Å². The first kappa shape index (κ1) is 11.3. The lowest BCUT2D eigenvalue weighted by atomic mass is 10.2. The van der Waals surface area contributed by atoms with E-state index in [1.54, 1.807) is 0 Å². The molecule has 1 aromatic heterocycles. The lowest BCUT2D eigenvalue weighted by Crippen LogP contribution is -1.96. The van der Waals surface area contributed by atoms with Crippen molar-refractivity contribution < 1.29 is 0 Å². The molecule has 90 valence electrons. The minimum atomic E-state index is 0.725. The molecule has 0 spiro atoms. The number of anilines is 1. The van der Waals surface area contributed by atoms with Crippen LogP contribution in [0.25, 0.3) is 22.4 Å². The summed E-state index contributed by atoms with van der Waals surface area (Å²) in [5, 5.41) is 0. The molecule has 3 aromatic rings. The molecular formula is C14H12BrN3. The maximum Gasteiger partial charge on any atom is 0.142 e. The van der Waals surface area contributed by atoms with Gasteiger partial charge in [-0.25, -0.2) is 4.98 Å². The Bertz CT molecular complexity index is 731. The van der Waals surface area contributed by atoms with Gasteiger partial charge >= 0.3 is 0 Å². The number of hydrogen-bond donors (Lipinski definition) is 1. The molecule has 0 saturated heterocycles. The van der Waals surface area contributed by atoms with E-state index in [0.717, 1.165) is 32.6 Å². The van der Waals surface area contributed by atoms with Crippen molar-refractivity contribution in [1.82, 2.24) is 9.55 Å². The fourth-order valence-corrected chi connectivity index (χ4v) is 2.50. The fraction of sp³-hybridized carbons (Fsp3) is 0.0714. The Labute approximate surface area is 113 Å². The van der Waals surface area contributed by atoms with Crippen LogP contribution in [-0.2, 0) is 7.05 Å². The molecule has 3 rings (SSSR count). The molecule has 0 aliphatic carbocycles. The molecule has 0 atom stereocenters. The van der Waals surface area contributed by atoms with Crippen molar-refractivity contribution in [3.63, 3.8) is 0 Å². The molecule has 2 aromatic carbocycles. The van der Waals surface area contributed by atoms with Gasteiger partial charge in [-0.1, -0.05) is 28.1 Å². The van der Waals surface area contributed by atoms with Crippen molar-refractivity contribution in [3.8, 4) is 11.4 Å². The van der Waals surface area contributed by atoms with E-state index >= 15 is 0 Å². The molecular weight excluding hydrogens is 290 g/mol. The second kappa shape index (κ2) is 4.14. The number of nitrogens with zero attached hydrogens (tertiary/aromatic N) is 2. The average molecular weight is 302 g/mol. The highest BCUT2D eigenvalue weighted by atomic mass is 79.9. The molecule has 3 nitrogen and oxygen atoms in total. The van der Waals surface area contributed by atoms with Gasteiger partial charge in [0.05, 0.1) is 11.0 Å². The van der Waals surface area contributed by atoms with Crippen LogP contribution in [0, 0.1) is 0 Å². The number of rotatable bonds is 1. The van der Waals surface area contributed by atoms with E-state index in [1.165, 1.54) is 0 Å². The minimum absolute atomic E-state index is 0.725. The van der Waals surface area contributed by atoms with Crippen LogP contribution in [-0.4, -0.2) is 9.55 Å². The summed E-state index contributed by atoms with van der Waals surface area (Å²) in [4.78, 5) is 4.64. The Hall–Kier alpha value is -1.81. The summed E-state index contributed by atoms with van der Waals surface area (Å²) in [6.07, 6.45) is 0. The van der Waals surface area contributed by atoms with Crippen molar-refractivity contribution in [3.05, 3.63) is 46.9 Å². The monoisotopic (exact) mass is 301 g/mol. The van der Waals surface area contributed by atoms with E-state index in [2.05, 4.69) is 31.5 Å². The van der Waals surface area contributed by atoms with Crippen LogP contribution in [0.5, 0.6) is 0 Å². The molecule has 0 unspecified atom stereocenters. The van der Waals surface area contributed by atoms with Gasteiger partial charge in [0.15, 0.2) is 0 Å². The Morgan fingerprint density at radius 2 is 1.94 bits per heavy atom. The Morgan fingerprint density at radius 1 is 1.17 bits per heavy atom. The summed E-state index contributed by atoms with van der Waals surface area (Å²) in [5.41, 5.74) is 9.83. The maximum atomic E-state index is 6.06. The number of para-hydroxylation sites is 2. The highest BCUT2D eigenvalue weighted by Gasteiger charge is 2.11. The van der Waals surface area contributed by atoms with Crippen LogP contribution in [0.4, 0.5) is 5.69 Å². The van der Waals surface area contributed by atoms with E-state index in [4.69, 9.17) is 5.73 Å². The summed E-state index contributed by atoms with van der Waals surface area (Å²) in [5.74, 6) is 0.890. The van der Waals surface area contributed by atoms with Crippen molar-refractivity contribution in [1.29, 1.82) is 0 Å². The Balaban J connectivity index is 2.28. The molecule has 2 N–H and O–H groups in total. The summed E-state index contributed by atoms with van der Waals surface area (Å²) in [6.45, 7) is 0. The molecule has 0 fully saturated rings. The summed E-state index contributed by atoms with van der Waals surface area (Å²) in [7, 11) is 2.01. The summed E-state index contributed by atoms with van der Waals surface area (Å²) < 4.78 is 3.04. The third kappa shape index (κ3) is 1.69. The molecule has 0 aliphatic rings. The smallest absolute Gasteiger partial charge is 0.142 e. The number of benzene rings is 2. The molecule has 0 bridgehead atoms. The van der Waals surface area contributed by atoms with E-state index in [0.29, 0.717) is 0 Å². The maximum absolute atomic E-state index is 6.06. The number of nitrogen functional groups attached to an aromatic ring is 1. The Kier molecular flexibility index (Phi) is 2.59. The number of aryl methyl sites for hydroxylation is 1. The number of halogens is 1. The summed E-state index contributed by atoms with van der Waals surface area (Å²) >= 11 is 3.41. The number of imidazole rings is 1. The van der Waals surface area contributed by atoms with E-state index in [-0.39, 0.29) is 0 Å². The van der Waals surface area contributed by atoms with Gasteiger partial charge in [-0.15, -0.1) is 0 Å². The zero-order valence-electron chi connectivity index (χ0n) is 9.89. The molecule has 4 heteroatoms. The fourth-order valence-electron chi connectivity index (χ4n) is 2.12. The number of aromatic nitrogens is 2. The van der Waals surface area contributed by atoms with Gasteiger partial charge in [0.1, 0.15) is 5.82 Å². The second-order valence-electron chi connectivity index (χ2n) is 4.21. The minimum Gasteiger partial charge on any atom is -0.398 e. The molecule has 0 amide bonds.